The summed E-state index contributed by atoms with van der Waals surface area (Å²) in [7, 11) is 0. The molecule has 0 radical (unpaired) electrons. The van der Waals surface area contributed by atoms with Crippen LogP contribution in [0.2, 0.25) is 0 Å². The topological polar surface area (TPSA) is 18.5 Å². The molecule has 0 spiro atoms. The Morgan fingerprint density at radius 1 is 1.44 bits per heavy atom. The molecule has 2 unspecified atom stereocenters. The van der Waals surface area contributed by atoms with Crippen molar-refractivity contribution in [1.29, 1.82) is 0 Å². The molecule has 1 rings (SSSR count). The van der Waals surface area contributed by atoms with E-state index in [4.69, 9.17) is 9.78 Å². The minimum atomic E-state index is -0.254. The average Bonchev–Trinajstić information content (AvgIpc) is 2.14. The van der Waals surface area contributed by atoms with Crippen molar-refractivity contribution in [2.45, 2.75) is 59.2 Å². The Labute approximate surface area is 99.3 Å². The van der Waals surface area contributed by atoms with E-state index in [9.17, 15) is 0 Å². The van der Waals surface area contributed by atoms with E-state index in [2.05, 4.69) is 26.5 Å². The first-order valence-corrected chi connectivity index (χ1v) is 5.96. The molecule has 16 heavy (non-hydrogen) atoms. The molecule has 0 bridgehead atoms. The summed E-state index contributed by atoms with van der Waals surface area (Å²) in [5.74, 6) is 0.525. The Balaban J connectivity index is 2.55. The lowest BCUT2D eigenvalue weighted by atomic mass is 9.84. The van der Waals surface area contributed by atoms with Crippen molar-refractivity contribution in [3.63, 3.8) is 0 Å². The van der Waals surface area contributed by atoms with Crippen molar-refractivity contribution < 1.29 is 9.78 Å². The van der Waals surface area contributed by atoms with Crippen LogP contribution in [-0.4, -0.2) is 11.7 Å². The highest BCUT2D eigenvalue weighted by atomic mass is 17.2. The van der Waals surface area contributed by atoms with Gasteiger partial charge < -0.3 is 0 Å². The summed E-state index contributed by atoms with van der Waals surface area (Å²) in [6.45, 7) is 14.2. The van der Waals surface area contributed by atoms with Crippen molar-refractivity contribution in [1.82, 2.24) is 0 Å². The second kappa shape index (κ2) is 5.15. The minimum absolute atomic E-state index is 0.0784. The largest absolute Gasteiger partial charge is 0.230 e. The summed E-state index contributed by atoms with van der Waals surface area (Å²) in [5.41, 5.74) is 2.24. The van der Waals surface area contributed by atoms with Gasteiger partial charge in [0.2, 0.25) is 0 Å². The van der Waals surface area contributed by atoms with Crippen LogP contribution < -0.4 is 0 Å². The van der Waals surface area contributed by atoms with Crippen molar-refractivity contribution in [3.8, 4) is 0 Å². The van der Waals surface area contributed by atoms with Gasteiger partial charge in [0.1, 0.15) is 6.10 Å². The number of hydrogen-bond donors (Lipinski definition) is 0. The molecular weight excluding hydrogens is 200 g/mol. The van der Waals surface area contributed by atoms with E-state index in [-0.39, 0.29) is 11.7 Å². The van der Waals surface area contributed by atoms with Crippen LogP contribution in [0.3, 0.4) is 0 Å². The lowest BCUT2D eigenvalue weighted by molar-refractivity contribution is -0.368. The van der Waals surface area contributed by atoms with Crippen LogP contribution in [0.25, 0.3) is 0 Å². The van der Waals surface area contributed by atoms with Gasteiger partial charge in [0.15, 0.2) is 0 Å². The fraction of sp³-hybridized carbons (Fsp3) is 0.714. The summed E-state index contributed by atoms with van der Waals surface area (Å²) in [4.78, 5) is 10.9. The van der Waals surface area contributed by atoms with E-state index in [1.807, 2.05) is 20.8 Å². The molecule has 0 fully saturated rings. The molecule has 0 saturated heterocycles. The molecule has 1 aliphatic carbocycles. The molecule has 92 valence electrons. The number of allylic oxidation sites excluding steroid dienone is 2. The van der Waals surface area contributed by atoms with Gasteiger partial charge in [-0.25, -0.2) is 9.78 Å². The maximum absolute atomic E-state index is 5.53. The quantitative estimate of drug-likeness (QED) is 0.409. The van der Waals surface area contributed by atoms with E-state index in [0.29, 0.717) is 5.92 Å². The summed E-state index contributed by atoms with van der Waals surface area (Å²) in [6.07, 6.45) is 4.37. The van der Waals surface area contributed by atoms with Crippen LogP contribution in [0.5, 0.6) is 0 Å². The molecule has 2 nitrogen and oxygen atoms in total. The predicted molar refractivity (Wildman–Crippen MR) is 67.0 cm³/mol. The van der Waals surface area contributed by atoms with E-state index in [1.54, 1.807) is 0 Å². The highest BCUT2D eigenvalue weighted by Crippen LogP contribution is 2.30. The first kappa shape index (κ1) is 13.5. The molecule has 0 aromatic heterocycles. The van der Waals surface area contributed by atoms with Crippen molar-refractivity contribution in [2.75, 3.05) is 0 Å². The maximum atomic E-state index is 5.53. The Morgan fingerprint density at radius 3 is 2.56 bits per heavy atom. The summed E-state index contributed by atoms with van der Waals surface area (Å²) in [5, 5.41) is 0. The zero-order valence-electron chi connectivity index (χ0n) is 11.2. The van der Waals surface area contributed by atoms with E-state index < -0.39 is 0 Å². The third-order valence-corrected chi connectivity index (χ3v) is 2.84. The van der Waals surface area contributed by atoms with Crippen LogP contribution >= 0.6 is 0 Å². The molecule has 0 aromatic carbocycles. The molecule has 1 aliphatic rings. The molecule has 0 aliphatic heterocycles. The Bertz CT molecular complexity index is 284. The highest BCUT2D eigenvalue weighted by Gasteiger charge is 2.25. The molecular formula is C14H24O2. The van der Waals surface area contributed by atoms with Crippen molar-refractivity contribution >= 4 is 0 Å². The van der Waals surface area contributed by atoms with Crippen LogP contribution in [0.15, 0.2) is 23.8 Å². The maximum Gasteiger partial charge on any atom is 0.114 e. The molecule has 0 heterocycles. The van der Waals surface area contributed by atoms with Gasteiger partial charge in [-0.1, -0.05) is 18.2 Å². The second-order valence-corrected chi connectivity index (χ2v) is 5.74. The summed E-state index contributed by atoms with van der Waals surface area (Å²) >= 11 is 0. The Morgan fingerprint density at radius 2 is 2.06 bits per heavy atom. The molecule has 0 amide bonds. The Hall–Kier alpha value is -0.600. The first-order chi connectivity index (χ1) is 7.29. The van der Waals surface area contributed by atoms with Crippen LogP contribution in [0, 0.1) is 5.92 Å². The monoisotopic (exact) mass is 224 g/mol. The normalized spacial score (nSPS) is 26.4. The van der Waals surface area contributed by atoms with Crippen LogP contribution in [-0.2, 0) is 9.78 Å². The standard InChI is InChI=1S/C14H24O2/c1-10(2)12-8-7-11(3)13(9-12)15-16-14(4,5)6/h7,12-13H,1,8-9H2,2-6H3. The van der Waals surface area contributed by atoms with Gasteiger partial charge in [0, 0.05) is 0 Å². The van der Waals surface area contributed by atoms with Gasteiger partial charge in [0.05, 0.1) is 5.60 Å². The van der Waals surface area contributed by atoms with E-state index in [1.165, 1.54) is 11.1 Å². The molecule has 2 atom stereocenters. The smallest absolute Gasteiger partial charge is 0.114 e. The zero-order chi connectivity index (χ0) is 12.3. The molecule has 0 N–H and O–H groups in total. The molecule has 2 heteroatoms. The SMILES string of the molecule is C=C(C)C1CC=C(C)C(OOC(C)(C)C)C1. The van der Waals surface area contributed by atoms with Crippen molar-refractivity contribution in [2.24, 2.45) is 5.92 Å². The lowest BCUT2D eigenvalue weighted by Gasteiger charge is -2.30. The Kier molecular flexibility index (Phi) is 4.34. The highest BCUT2D eigenvalue weighted by molar-refractivity contribution is 5.14. The van der Waals surface area contributed by atoms with Gasteiger partial charge in [-0.15, -0.1) is 0 Å². The first-order valence-electron chi connectivity index (χ1n) is 5.96. The third-order valence-electron chi connectivity index (χ3n) is 2.84. The van der Waals surface area contributed by atoms with Gasteiger partial charge in [-0.2, -0.15) is 0 Å². The fourth-order valence-corrected chi connectivity index (χ4v) is 1.72. The van der Waals surface area contributed by atoms with Gasteiger partial charge in [-0.05, 0) is 59.0 Å². The summed E-state index contributed by atoms with van der Waals surface area (Å²) in [6, 6.07) is 0. The number of hydrogen-bond acceptors (Lipinski definition) is 2. The second-order valence-electron chi connectivity index (χ2n) is 5.74. The lowest BCUT2D eigenvalue weighted by Crippen LogP contribution is -2.28. The van der Waals surface area contributed by atoms with Gasteiger partial charge in [-0.3, -0.25) is 0 Å². The van der Waals surface area contributed by atoms with Crippen LogP contribution in [0.1, 0.15) is 47.5 Å². The summed E-state index contributed by atoms with van der Waals surface area (Å²) < 4.78 is 0. The van der Waals surface area contributed by atoms with Crippen molar-refractivity contribution in [3.05, 3.63) is 23.8 Å². The van der Waals surface area contributed by atoms with E-state index in [0.717, 1.165) is 12.8 Å². The van der Waals surface area contributed by atoms with Gasteiger partial charge in [0.25, 0.3) is 0 Å². The average molecular weight is 224 g/mol. The van der Waals surface area contributed by atoms with Gasteiger partial charge >= 0.3 is 0 Å². The number of rotatable bonds is 3. The molecule has 0 saturated carbocycles. The zero-order valence-corrected chi connectivity index (χ0v) is 11.2. The molecule has 0 aromatic rings. The minimum Gasteiger partial charge on any atom is -0.230 e. The van der Waals surface area contributed by atoms with E-state index >= 15 is 0 Å². The predicted octanol–water partition coefficient (Wildman–Crippen LogP) is 4.03. The van der Waals surface area contributed by atoms with Crippen LogP contribution in [0.4, 0.5) is 0 Å². The third kappa shape index (κ3) is 4.11. The fourth-order valence-electron chi connectivity index (χ4n) is 1.72.